The van der Waals surface area contributed by atoms with Gasteiger partial charge in [-0.3, -0.25) is 9.78 Å². The Morgan fingerprint density at radius 1 is 1.45 bits per heavy atom. The van der Waals surface area contributed by atoms with E-state index in [1.54, 1.807) is 25.3 Å². The number of rotatable bonds is 5. The molecule has 2 heterocycles. The van der Waals surface area contributed by atoms with Gasteiger partial charge in [0.15, 0.2) is 5.69 Å². The van der Waals surface area contributed by atoms with Gasteiger partial charge in [0.05, 0.1) is 12.7 Å². The predicted molar refractivity (Wildman–Crippen MR) is 68.3 cm³/mol. The van der Waals surface area contributed by atoms with Crippen LogP contribution in [0.1, 0.15) is 26.5 Å². The number of carbonyl (C=O) groups excluding carboxylic acids is 1. The molecule has 0 fully saturated rings. The third-order valence-electron chi connectivity index (χ3n) is 2.61. The number of carboxylic acids is 1. The minimum Gasteiger partial charge on any atom is -0.476 e. The number of hydrogen-bond acceptors (Lipinski definition) is 5. The highest BCUT2D eigenvalue weighted by Crippen LogP contribution is 2.02. The third kappa shape index (κ3) is 3.16. The Bertz CT molecular complexity index is 638. The summed E-state index contributed by atoms with van der Waals surface area (Å²) in [7, 11) is 0. The van der Waals surface area contributed by atoms with Gasteiger partial charge in [0.2, 0.25) is 0 Å². The molecule has 20 heavy (non-hydrogen) atoms. The van der Waals surface area contributed by atoms with Crippen LogP contribution in [-0.2, 0) is 6.54 Å². The lowest BCUT2D eigenvalue weighted by Gasteiger charge is -2.06. The van der Waals surface area contributed by atoms with Crippen LogP contribution < -0.4 is 5.32 Å². The molecule has 0 aromatic carbocycles. The first-order valence-electron chi connectivity index (χ1n) is 5.91. The van der Waals surface area contributed by atoms with Crippen molar-refractivity contribution in [1.82, 2.24) is 25.3 Å². The first-order valence-corrected chi connectivity index (χ1v) is 5.91. The molecule has 0 spiro atoms. The summed E-state index contributed by atoms with van der Waals surface area (Å²) in [6.45, 7) is 2.44. The van der Waals surface area contributed by atoms with Gasteiger partial charge in [0.1, 0.15) is 5.69 Å². The van der Waals surface area contributed by atoms with Gasteiger partial charge in [0, 0.05) is 12.7 Å². The van der Waals surface area contributed by atoms with Crippen molar-refractivity contribution in [1.29, 1.82) is 0 Å². The van der Waals surface area contributed by atoms with Crippen molar-refractivity contribution in [3.63, 3.8) is 0 Å². The van der Waals surface area contributed by atoms with Crippen molar-refractivity contribution >= 4 is 11.9 Å². The van der Waals surface area contributed by atoms with Crippen LogP contribution >= 0.6 is 0 Å². The van der Waals surface area contributed by atoms with Gasteiger partial charge in [-0.05, 0) is 18.6 Å². The van der Waals surface area contributed by atoms with E-state index in [9.17, 15) is 9.59 Å². The minimum absolute atomic E-state index is 0.128. The Morgan fingerprint density at radius 2 is 2.25 bits per heavy atom. The van der Waals surface area contributed by atoms with Crippen LogP contribution in [0.25, 0.3) is 0 Å². The highest BCUT2D eigenvalue weighted by Gasteiger charge is 2.10. The van der Waals surface area contributed by atoms with E-state index in [1.165, 1.54) is 10.9 Å². The summed E-state index contributed by atoms with van der Waals surface area (Å²) in [5.74, 6) is -1.41. The smallest absolute Gasteiger partial charge is 0.358 e. The number of nitrogens with one attached hydrogen (secondary N) is 1. The lowest BCUT2D eigenvalue weighted by atomic mass is 10.2. The van der Waals surface area contributed by atoms with E-state index in [2.05, 4.69) is 20.6 Å². The van der Waals surface area contributed by atoms with Gasteiger partial charge in [-0.15, -0.1) is 5.10 Å². The molecule has 2 aromatic heterocycles. The van der Waals surface area contributed by atoms with Crippen molar-refractivity contribution in [3.8, 4) is 0 Å². The number of aromatic nitrogens is 4. The second-order valence-electron chi connectivity index (χ2n) is 4.10. The van der Waals surface area contributed by atoms with Crippen LogP contribution in [0.3, 0.4) is 0 Å². The molecule has 0 saturated heterocycles. The zero-order chi connectivity index (χ0) is 14.5. The molecule has 0 unspecified atom stereocenters. The maximum atomic E-state index is 11.9. The summed E-state index contributed by atoms with van der Waals surface area (Å²) in [5, 5.41) is 18.5. The van der Waals surface area contributed by atoms with E-state index >= 15 is 0 Å². The van der Waals surface area contributed by atoms with Crippen molar-refractivity contribution < 1.29 is 14.7 Å². The van der Waals surface area contributed by atoms with Gasteiger partial charge in [0.25, 0.3) is 5.91 Å². The van der Waals surface area contributed by atoms with E-state index in [0.29, 0.717) is 18.8 Å². The number of carbonyl (C=O) groups is 2. The summed E-state index contributed by atoms with van der Waals surface area (Å²) < 4.78 is 1.36. The van der Waals surface area contributed by atoms with Crippen LogP contribution in [0.5, 0.6) is 0 Å². The highest BCUT2D eigenvalue weighted by molar-refractivity contribution is 5.93. The summed E-state index contributed by atoms with van der Waals surface area (Å²) in [4.78, 5) is 26.5. The molecule has 0 aliphatic heterocycles. The van der Waals surface area contributed by atoms with E-state index in [0.717, 1.165) is 5.56 Å². The standard InChI is InChI=1S/C12H13N5O3/c1-8-3-2-4-13-10(8)11(18)14-5-6-17-7-9(12(19)20)15-16-17/h2-4,7H,5-6H2,1H3,(H,14,18)(H,19,20). The lowest BCUT2D eigenvalue weighted by molar-refractivity contribution is 0.0690. The Kier molecular flexibility index (Phi) is 4.04. The van der Waals surface area contributed by atoms with Crippen LogP contribution in [0.2, 0.25) is 0 Å². The van der Waals surface area contributed by atoms with E-state index < -0.39 is 5.97 Å². The van der Waals surface area contributed by atoms with Crippen molar-refractivity contribution in [2.24, 2.45) is 0 Å². The third-order valence-corrected chi connectivity index (χ3v) is 2.61. The SMILES string of the molecule is Cc1cccnc1C(=O)NCCn1cc(C(=O)O)nn1. The zero-order valence-electron chi connectivity index (χ0n) is 10.8. The molecule has 1 amide bonds. The Labute approximate surface area is 114 Å². The number of aryl methyl sites for hydroxylation is 1. The molecule has 0 aliphatic carbocycles. The van der Waals surface area contributed by atoms with Crippen molar-refractivity contribution in [2.45, 2.75) is 13.5 Å². The summed E-state index contributed by atoms with van der Waals surface area (Å²) >= 11 is 0. The largest absolute Gasteiger partial charge is 0.476 e. The number of nitrogens with zero attached hydrogens (tertiary/aromatic N) is 4. The first kappa shape index (κ1) is 13.7. The molecule has 104 valence electrons. The number of carboxylic acid groups (broad SMARTS) is 1. The molecule has 2 rings (SSSR count). The van der Waals surface area contributed by atoms with Crippen LogP contribution in [-0.4, -0.2) is 43.5 Å². The normalized spacial score (nSPS) is 10.2. The first-order chi connectivity index (χ1) is 9.58. The molecule has 2 N–H and O–H groups in total. The van der Waals surface area contributed by atoms with Crippen molar-refractivity contribution in [3.05, 3.63) is 41.5 Å². The van der Waals surface area contributed by atoms with Gasteiger partial charge >= 0.3 is 5.97 Å². The molecule has 0 saturated carbocycles. The van der Waals surface area contributed by atoms with Gasteiger partial charge < -0.3 is 10.4 Å². The van der Waals surface area contributed by atoms with Gasteiger partial charge in [-0.25, -0.2) is 9.48 Å². The average Bonchev–Trinajstić information content (AvgIpc) is 2.88. The quantitative estimate of drug-likeness (QED) is 0.801. The molecular formula is C12H13N5O3. The summed E-state index contributed by atoms with van der Waals surface area (Å²) in [6.07, 6.45) is 2.86. The second-order valence-corrected chi connectivity index (χ2v) is 4.10. The monoisotopic (exact) mass is 275 g/mol. The lowest BCUT2D eigenvalue weighted by Crippen LogP contribution is -2.28. The Morgan fingerprint density at radius 3 is 2.90 bits per heavy atom. The number of amides is 1. The van der Waals surface area contributed by atoms with E-state index in [1.807, 2.05) is 0 Å². The molecule has 0 bridgehead atoms. The highest BCUT2D eigenvalue weighted by atomic mass is 16.4. The summed E-state index contributed by atoms with van der Waals surface area (Å²) in [6, 6.07) is 3.56. The van der Waals surface area contributed by atoms with E-state index in [4.69, 9.17) is 5.11 Å². The van der Waals surface area contributed by atoms with Crippen LogP contribution in [0, 0.1) is 6.92 Å². The van der Waals surface area contributed by atoms with Gasteiger partial charge in [-0.1, -0.05) is 11.3 Å². The fourth-order valence-electron chi connectivity index (χ4n) is 1.60. The minimum atomic E-state index is -1.13. The molecule has 2 aromatic rings. The summed E-state index contributed by atoms with van der Waals surface area (Å²) in [5.41, 5.74) is 1.04. The fourth-order valence-corrected chi connectivity index (χ4v) is 1.60. The predicted octanol–water partition coefficient (Wildman–Crippen LogP) is 0.110. The number of aromatic carboxylic acids is 1. The zero-order valence-corrected chi connectivity index (χ0v) is 10.8. The molecular weight excluding hydrogens is 262 g/mol. The topological polar surface area (TPSA) is 110 Å². The van der Waals surface area contributed by atoms with E-state index in [-0.39, 0.29) is 11.6 Å². The fraction of sp³-hybridized carbons (Fsp3) is 0.250. The Balaban J connectivity index is 1.88. The Hall–Kier alpha value is -2.77. The average molecular weight is 275 g/mol. The molecule has 0 aliphatic rings. The number of pyridine rings is 1. The maximum Gasteiger partial charge on any atom is 0.358 e. The van der Waals surface area contributed by atoms with Crippen LogP contribution in [0.15, 0.2) is 24.5 Å². The van der Waals surface area contributed by atoms with Crippen LogP contribution in [0.4, 0.5) is 0 Å². The molecule has 0 radical (unpaired) electrons. The molecule has 8 nitrogen and oxygen atoms in total. The number of hydrogen-bond donors (Lipinski definition) is 2. The molecule has 0 atom stereocenters. The van der Waals surface area contributed by atoms with Gasteiger partial charge in [-0.2, -0.15) is 0 Å². The maximum absolute atomic E-state index is 11.9. The van der Waals surface area contributed by atoms with Crippen molar-refractivity contribution in [2.75, 3.05) is 6.54 Å². The second kappa shape index (κ2) is 5.91. The molecule has 8 heteroatoms.